The SMILES string of the molecule is COCCOCCOCc1ccc(I)cc1. The van der Waals surface area contributed by atoms with Crippen LogP contribution in [0.4, 0.5) is 0 Å². The lowest BCUT2D eigenvalue weighted by Crippen LogP contribution is -2.08. The smallest absolute Gasteiger partial charge is 0.0718 e. The molecule has 1 aromatic carbocycles. The lowest BCUT2D eigenvalue weighted by Gasteiger charge is -2.05. The van der Waals surface area contributed by atoms with Crippen molar-refractivity contribution in [3.8, 4) is 0 Å². The zero-order valence-electron chi connectivity index (χ0n) is 9.45. The van der Waals surface area contributed by atoms with Gasteiger partial charge in [0.1, 0.15) is 0 Å². The van der Waals surface area contributed by atoms with E-state index < -0.39 is 0 Å². The van der Waals surface area contributed by atoms with Crippen molar-refractivity contribution in [2.24, 2.45) is 0 Å². The molecule has 0 heterocycles. The molecule has 0 spiro atoms. The molecule has 3 nitrogen and oxygen atoms in total. The Morgan fingerprint density at radius 1 is 0.938 bits per heavy atom. The largest absolute Gasteiger partial charge is 0.382 e. The van der Waals surface area contributed by atoms with Gasteiger partial charge in [0, 0.05) is 10.7 Å². The molecule has 0 aromatic heterocycles. The third-order valence-electron chi connectivity index (χ3n) is 1.99. The molecule has 0 saturated heterocycles. The number of halogens is 1. The van der Waals surface area contributed by atoms with Crippen molar-refractivity contribution in [2.75, 3.05) is 33.5 Å². The summed E-state index contributed by atoms with van der Waals surface area (Å²) in [5.41, 5.74) is 1.19. The molecule has 1 aromatic rings. The lowest BCUT2D eigenvalue weighted by molar-refractivity contribution is 0.0199. The molecular formula is C12H17IO3. The first-order valence-corrected chi connectivity index (χ1v) is 6.29. The zero-order chi connectivity index (χ0) is 11.6. The van der Waals surface area contributed by atoms with E-state index in [-0.39, 0.29) is 0 Å². The van der Waals surface area contributed by atoms with Gasteiger partial charge >= 0.3 is 0 Å². The molecule has 0 aliphatic carbocycles. The van der Waals surface area contributed by atoms with E-state index in [1.807, 2.05) is 0 Å². The summed E-state index contributed by atoms with van der Waals surface area (Å²) in [5.74, 6) is 0. The fourth-order valence-corrected chi connectivity index (χ4v) is 1.49. The van der Waals surface area contributed by atoms with Gasteiger partial charge in [-0.25, -0.2) is 0 Å². The van der Waals surface area contributed by atoms with Gasteiger partial charge in [-0.05, 0) is 40.3 Å². The van der Waals surface area contributed by atoms with Crippen LogP contribution in [-0.2, 0) is 20.8 Å². The summed E-state index contributed by atoms with van der Waals surface area (Å²) in [7, 11) is 1.66. The third-order valence-corrected chi connectivity index (χ3v) is 2.70. The highest BCUT2D eigenvalue weighted by Gasteiger charge is 1.93. The number of rotatable bonds is 8. The zero-order valence-corrected chi connectivity index (χ0v) is 11.6. The molecule has 90 valence electrons. The molecule has 0 bridgehead atoms. The Hall–Kier alpha value is -0.170. The molecule has 0 aliphatic rings. The number of hydrogen-bond acceptors (Lipinski definition) is 3. The van der Waals surface area contributed by atoms with Gasteiger partial charge in [-0.3, -0.25) is 0 Å². The Morgan fingerprint density at radius 3 is 2.25 bits per heavy atom. The first-order chi connectivity index (χ1) is 7.83. The summed E-state index contributed by atoms with van der Waals surface area (Å²) in [6.45, 7) is 3.15. The monoisotopic (exact) mass is 336 g/mol. The number of methoxy groups -OCH3 is 1. The second-order valence-electron chi connectivity index (χ2n) is 3.28. The minimum atomic E-state index is 0.619. The van der Waals surface area contributed by atoms with E-state index in [1.165, 1.54) is 9.13 Å². The first kappa shape index (κ1) is 13.9. The van der Waals surface area contributed by atoms with Crippen LogP contribution in [0, 0.1) is 3.57 Å². The predicted molar refractivity (Wildman–Crippen MR) is 71.5 cm³/mol. The molecule has 0 unspecified atom stereocenters. The van der Waals surface area contributed by atoms with Crippen LogP contribution in [0.25, 0.3) is 0 Å². The average Bonchev–Trinajstić information content (AvgIpc) is 2.30. The second-order valence-corrected chi connectivity index (χ2v) is 4.53. The Labute approximate surface area is 110 Å². The topological polar surface area (TPSA) is 27.7 Å². The summed E-state index contributed by atoms with van der Waals surface area (Å²) in [6, 6.07) is 8.31. The van der Waals surface area contributed by atoms with E-state index in [0.29, 0.717) is 33.0 Å². The van der Waals surface area contributed by atoms with Crippen LogP contribution in [0.15, 0.2) is 24.3 Å². The summed E-state index contributed by atoms with van der Waals surface area (Å²) in [6.07, 6.45) is 0. The average molecular weight is 336 g/mol. The van der Waals surface area contributed by atoms with E-state index in [2.05, 4.69) is 46.9 Å². The maximum atomic E-state index is 5.47. The maximum absolute atomic E-state index is 5.47. The van der Waals surface area contributed by atoms with Gasteiger partial charge < -0.3 is 14.2 Å². The lowest BCUT2D eigenvalue weighted by atomic mass is 10.2. The fraction of sp³-hybridized carbons (Fsp3) is 0.500. The van der Waals surface area contributed by atoms with Crippen LogP contribution in [0.2, 0.25) is 0 Å². The van der Waals surface area contributed by atoms with Gasteiger partial charge in [-0.2, -0.15) is 0 Å². The van der Waals surface area contributed by atoms with Crippen LogP contribution >= 0.6 is 22.6 Å². The minimum Gasteiger partial charge on any atom is -0.382 e. The van der Waals surface area contributed by atoms with Crippen molar-refractivity contribution in [3.63, 3.8) is 0 Å². The van der Waals surface area contributed by atoms with Crippen LogP contribution in [0.5, 0.6) is 0 Å². The van der Waals surface area contributed by atoms with Crippen molar-refractivity contribution in [2.45, 2.75) is 6.61 Å². The highest BCUT2D eigenvalue weighted by Crippen LogP contribution is 2.07. The van der Waals surface area contributed by atoms with Crippen molar-refractivity contribution in [1.29, 1.82) is 0 Å². The molecule has 0 radical (unpaired) electrons. The van der Waals surface area contributed by atoms with Gasteiger partial charge in [-0.15, -0.1) is 0 Å². The molecule has 0 amide bonds. The molecular weight excluding hydrogens is 319 g/mol. The molecule has 0 aliphatic heterocycles. The highest BCUT2D eigenvalue weighted by molar-refractivity contribution is 14.1. The molecule has 0 fully saturated rings. The van der Waals surface area contributed by atoms with Gasteiger partial charge in [-0.1, -0.05) is 12.1 Å². The Kier molecular flexibility index (Phi) is 7.75. The van der Waals surface area contributed by atoms with Crippen molar-refractivity contribution < 1.29 is 14.2 Å². The minimum absolute atomic E-state index is 0.619. The van der Waals surface area contributed by atoms with Gasteiger partial charge in [0.05, 0.1) is 33.0 Å². The predicted octanol–water partition coefficient (Wildman–Crippen LogP) is 2.47. The van der Waals surface area contributed by atoms with Gasteiger partial charge in [0.25, 0.3) is 0 Å². The normalized spacial score (nSPS) is 10.6. The summed E-state index contributed by atoms with van der Waals surface area (Å²) >= 11 is 2.29. The molecule has 0 N–H and O–H groups in total. The number of hydrogen-bond donors (Lipinski definition) is 0. The van der Waals surface area contributed by atoms with Crippen molar-refractivity contribution >= 4 is 22.6 Å². The third kappa shape index (κ3) is 6.42. The highest BCUT2D eigenvalue weighted by atomic mass is 127. The van der Waals surface area contributed by atoms with Crippen LogP contribution in [-0.4, -0.2) is 33.5 Å². The van der Waals surface area contributed by atoms with Crippen LogP contribution in [0.3, 0.4) is 0 Å². The molecule has 16 heavy (non-hydrogen) atoms. The first-order valence-electron chi connectivity index (χ1n) is 5.22. The quantitative estimate of drug-likeness (QED) is 0.539. The Morgan fingerprint density at radius 2 is 1.56 bits per heavy atom. The van der Waals surface area contributed by atoms with E-state index in [1.54, 1.807) is 7.11 Å². The van der Waals surface area contributed by atoms with Crippen LogP contribution in [0.1, 0.15) is 5.56 Å². The van der Waals surface area contributed by atoms with E-state index >= 15 is 0 Å². The van der Waals surface area contributed by atoms with Crippen molar-refractivity contribution in [1.82, 2.24) is 0 Å². The van der Waals surface area contributed by atoms with Crippen molar-refractivity contribution in [3.05, 3.63) is 33.4 Å². The number of benzene rings is 1. The summed E-state index contributed by atoms with van der Waals surface area (Å²) in [4.78, 5) is 0. The molecule has 4 heteroatoms. The van der Waals surface area contributed by atoms with Crippen LogP contribution < -0.4 is 0 Å². The molecule has 0 atom stereocenters. The van der Waals surface area contributed by atoms with E-state index in [9.17, 15) is 0 Å². The summed E-state index contributed by atoms with van der Waals surface area (Å²) < 4.78 is 16.9. The van der Waals surface area contributed by atoms with Gasteiger partial charge in [0.15, 0.2) is 0 Å². The standard InChI is InChI=1S/C12H17IO3/c1-14-6-7-15-8-9-16-10-11-2-4-12(13)5-3-11/h2-5H,6-10H2,1H3. The summed E-state index contributed by atoms with van der Waals surface area (Å²) in [5, 5.41) is 0. The van der Waals surface area contributed by atoms with Gasteiger partial charge in [0.2, 0.25) is 0 Å². The maximum Gasteiger partial charge on any atom is 0.0718 e. The van der Waals surface area contributed by atoms with E-state index in [0.717, 1.165) is 0 Å². The second kappa shape index (κ2) is 8.92. The Bertz CT molecular complexity index is 274. The van der Waals surface area contributed by atoms with E-state index in [4.69, 9.17) is 14.2 Å². The number of ether oxygens (including phenoxy) is 3. The Balaban J connectivity index is 2.01. The fourth-order valence-electron chi connectivity index (χ4n) is 1.13. The molecule has 0 saturated carbocycles. The molecule has 1 rings (SSSR count).